The first-order chi connectivity index (χ1) is 9.01. The summed E-state index contributed by atoms with van der Waals surface area (Å²) < 4.78 is 0. The molecule has 0 aliphatic heterocycles. The van der Waals surface area contributed by atoms with E-state index in [2.05, 4.69) is 4.98 Å². The average molecular weight is 265 g/mol. The van der Waals surface area contributed by atoms with Crippen molar-refractivity contribution in [2.45, 2.75) is 33.6 Å². The van der Waals surface area contributed by atoms with Crippen LogP contribution >= 0.6 is 0 Å². The van der Waals surface area contributed by atoms with Gasteiger partial charge in [0.2, 0.25) is 0 Å². The van der Waals surface area contributed by atoms with E-state index in [4.69, 9.17) is 0 Å². The van der Waals surface area contributed by atoms with Crippen LogP contribution in [-0.2, 0) is 0 Å². The van der Waals surface area contributed by atoms with Crippen LogP contribution in [0.3, 0.4) is 0 Å². The Balaban J connectivity index is 3.08. The summed E-state index contributed by atoms with van der Waals surface area (Å²) in [6.45, 7) is 6.97. The molecule has 0 aliphatic carbocycles. The van der Waals surface area contributed by atoms with Gasteiger partial charge in [0.25, 0.3) is 11.6 Å². The second kappa shape index (κ2) is 6.82. The lowest BCUT2D eigenvalue weighted by molar-refractivity contribution is -0.385. The number of nitro groups is 1. The lowest BCUT2D eigenvalue weighted by Crippen LogP contribution is -2.33. The van der Waals surface area contributed by atoms with Crippen LogP contribution in [0, 0.1) is 17.0 Å². The fourth-order valence-corrected chi connectivity index (χ4v) is 1.86. The normalized spacial score (nSPS) is 10.3. The highest BCUT2D eigenvalue weighted by molar-refractivity contribution is 5.95. The largest absolute Gasteiger partial charge is 0.339 e. The van der Waals surface area contributed by atoms with Crippen molar-refractivity contribution in [2.75, 3.05) is 13.1 Å². The van der Waals surface area contributed by atoms with E-state index < -0.39 is 4.92 Å². The number of hydrogen-bond donors (Lipinski definition) is 0. The van der Waals surface area contributed by atoms with Gasteiger partial charge in [-0.05, 0) is 19.8 Å². The van der Waals surface area contributed by atoms with Gasteiger partial charge < -0.3 is 4.90 Å². The monoisotopic (exact) mass is 265 g/mol. The standard InChI is InChI=1S/C13H19N3O3/c1-4-6-15(7-5-2)13(17)12-8-11(16(18)19)9-14-10(12)3/h8-9H,4-7H2,1-3H3. The van der Waals surface area contributed by atoms with Crippen molar-refractivity contribution in [3.63, 3.8) is 0 Å². The van der Waals surface area contributed by atoms with E-state index in [1.165, 1.54) is 12.3 Å². The molecule has 19 heavy (non-hydrogen) atoms. The van der Waals surface area contributed by atoms with Crippen molar-refractivity contribution >= 4 is 11.6 Å². The minimum absolute atomic E-state index is 0.151. The summed E-state index contributed by atoms with van der Waals surface area (Å²) in [6, 6.07) is 1.31. The number of rotatable bonds is 6. The second-order valence-electron chi connectivity index (χ2n) is 4.38. The number of aryl methyl sites for hydroxylation is 1. The minimum Gasteiger partial charge on any atom is -0.339 e. The fraction of sp³-hybridized carbons (Fsp3) is 0.538. The van der Waals surface area contributed by atoms with E-state index in [9.17, 15) is 14.9 Å². The molecule has 104 valence electrons. The van der Waals surface area contributed by atoms with Gasteiger partial charge in [0.05, 0.1) is 16.2 Å². The fourth-order valence-electron chi connectivity index (χ4n) is 1.86. The number of aromatic nitrogens is 1. The molecule has 1 heterocycles. The average Bonchev–Trinajstić information content (AvgIpc) is 2.38. The van der Waals surface area contributed by atoms with E-state index >= 15 is 0 Å². The molecule has 6 heteroatoms. The molecule has 0 atom stereocenters. The molecular weight excluding hydrogens is 246 g/mol. The third-order valence-electron chi connectivity index (χ3n) is 2.79. The molecule has 0 bridgehead atoms. The third kappa shape index (κ3) is 3.74. The Morgan fingerprint density at radius 2 is 1.95 bits per heavy atom. The molecule has 6 nitrogen and oxygen atoms in total. The van der Waals surface area contributed by atoms with Crippen LogP contribution < -0.4 is 0 Å². The molecular formula is C13H19N3O3. The van der Waals surface area contributed by atoms with Crippen LogP contribution in [0.15, 0.2) is 12.3 Å². The predicted molar refractivity (Wildman–Crippen MR) is 72.1 cm³/mol. The van der Waals surface area contributed by atoms with Crippen molar-refractivity contribution in [1.82, 2.24) is 9.88 Å². The zero-order valence-electron chi connectivity index (χ0n) is 11.5. The van der Waals surface area contributed by atoms with E-state index in [1.54, 1.807) is 11.8 Å². The predicted octanol–water partition coefficient (Wildman–Crippen LogP) is 2.56. The van der Waals surface area contributed by atoms with Gasteiger partial charge >= 0.3 is 0 Å². The quantitative estimate of drug-likeness (QED) is 0.585. The topological polar surface area (TPSA) is 76.3 Å². The minimum atomic E-state index is -0.535. The van der Waals surface area contributed by atoms with Crippen molar-refractivity contribution < 1.29 is 9.72 Å². The first-order valence-corrected chi connectivity index (χ1v) is 6.41. The van der Waals surface area contributed by atoms with Crippen molar-refractivity contribution in [1.29, 1.82) is 0 Å². The summed E-state index contributed by atoms with van der Waals surface area (Å²) in [5.74, 6) is -0.183. The van der Waals surface area contributed by atoms with Gasteiger partial charge in [0.1, 0.15) is 6.20 Å². The van der Waals surface area contributed by atoms with Crippen LogP contribution in [-0.4, -0.2) is 33.8 Å². The van der Waals surface area contributed by atoms with Crippen molar-refractivity contribution in [3.8, 4) is 0 Å². The summed E-state index contributed by atoms with van der Waals surface area (Å²) >= 11 is 0. The molecule has 1 aromatic rings. The summed E-state index contributed by atoms with van der Waals surface area (Å²) in [4.78, 5) is 28.2. The number of hydrogen-bond acceptors (Lipinski definition) is 4. The molecule has 1 rings (SSSR count). The highest BCUT2D eigenvalue weighted by Crippen LogP contribution is 2.17. The zero-order valence-corrected chi connectivity index (χ0v) is 11.5. The van der Waals surface area contributed by atoms with Gasteiger partial charge in [-0.2, -0.15) is 0 Å². The molecule has 0 radical (unpaired) electrons. The smallest absolute Gasteiger partial charge is 0.288 e. The van der Waals surface area contributed by atoms with Crippen LogP contribution in [0.4, 0.5) is 5.69 Å². The lowest BCUT2D eigenvalue weighted by Gasteiger charge is -2.21. The number of carbonyl (C=O) groups excluding carboxylic acids is 1. The number of amides is 1. The van der Waals surface area contributed by atoms with Crippen LogP contribution in [0.25, 0.3) is 0 Å². The Bertz CT molecular complexity index is 468. The first-order valence-electron chi connectivity index (χ1n) is 6.41. The molecule has 0 aliphatic rings. The molecule has 1 amide bonds. The van der Waals surface area contributed by atoms with Gasteiger partial charge in [-0.3, -0.25) is 19.9 Å². The van der Waals surface area contributed by atoms with Gasteiger partial charge in [-0.25, -0.2) is 0 Å². The van der Waals surface area contributed by atoms with Crippen molar-refractivity contribution in [3.05, 3.63) is 33.6 Å². The number of pyridine rings is 1. The summed E-state index contributed by atoms with van der Waals surface area (Å²) in [5, 5.41) is 10.7. The van der Waals surface area contributed by atoms with Crippen LogP contribution in [0.5, 0.6) is 0 Å². The summed E-state index contributed by atoms with van der Waals surface area (Å²) in [6.07, 6.45) is 2.89. The maximum absolute atomic E-state index is 12.4. The molecule has 0 unspecified atom stereocenters. The summed E-state index contributed by atoms with van der Waals surface area (Å²) in [7, 11) is 0. The Hall–Kier alpha value is -1.98. The van der Waals surface area contributed by atoms with Gasteiger partial charge in [-0.1, -0.05) is 13.8 Å². The molecule has 0 fully saturated rings. The SMILES string of the molecule is CCCN(CCC)C(=O)c1cc([N+](=O)[O-])cnc1C. The molecule has 0 N–H and O–H groups in total. The zero-order chi connectivity index (χ0) is 14.4. The van der Waals surface area contributed by atoms with Crippen LogP contribution in [0.2, 0.25) is 0 Å². The highest BCUT2D eigenvalue weighted by Gasteiger charge is 2.20. The molecule has 0 spiro atoms. The maximum atomic E-state index is 12.4. The highest BCUT2D eigenvalue weighted by atomic mass is 16.6. The first kappa shape index (κ1) is 15.1. The lowest BCUT2D eigenvalue weighted by atomic mass is 10.1. The van der Waals surface area contributed by atoms with E-state index in [0.717, 1.165) is 12.8 Å². The second-order valence-corrected chi connectivity index (χ2v) is 4.38. The molecule has 0 saturated heterocycles. The molecule has 0 aromatic carbocycles. The molecule has 0 saturated carbocycles. The maximum Gasteiger partial charge on any atom is 0.288 e. The Kier molecular flexibility index (Phi) is 5.41. The van der Waals surface area contributed by atoms with Gasteiger partial charge in [-0.15, -0.1) is 0 Å². The van der Waals surface area contributed by atoms with E-state index in [1.807, 2.05) is 13.8 Å². The van der Waals surface area contributed by atoms with E-state index in [0.29, 0.717) is 24.3 Å². The van der Waals surface area contributed by atoms with Gasteiger partial charge in [0, 0.05) is 19.2 Å². The summed E-state index contributed by atoms with van der Waals surface area (Å²) in [5.41, 5.74) is 0.686. The molecule has 1 aromatic heterocycles. The van der Waals surface area contributed by atoms with Crippen LogP contribution in [0.1, 0.15) is 42.7 Å². The van der Waals surface area contributed by atoms with Crippen molar-refractivity contribution in [2.24, 2.45) is 0 Å². The van der Waals surface area contributed by atoms with E-state index in [-0.39, 0.29) is 11.6 Å². The Morgan fingerprint density at radius 3 is 2.42 bits per heavy atom. The third-order valence-corrected chi connectivity index (χ3v) is 2.79. The number of carbonyl (C=O) groups is 1. The Morgan fingerprint density at radius 1 is 1.37 bits per heavy atom. The Labute approximate surface area is 112 Å². The van der Waals surface area contributed by atoms with Gasteiger partial charge in [0.15, 0.2) is 0 Å². The number of nitrogens with zero attached hydrogens (tertiary/aromatic N) is 3.